The van der Waals surface area contributed by atoms with Crippen LogP contribution < -0.4 is 0 Å². The third-order valence-corrected chi connectivity index (χ3v) is 1.70. The van der Waals surface area contributed by atoms with Gasteiger partial charge in [0.2, 0.25) is 0 Å². The summed E-state index contributed by atoms with van der Waals surface area (Å²) in [6.07, 6.45) is 2.70. The molecule has 1 aliphatic rings. The number of nitrogens with zero attached hydrogens (tertiary/aromatic N) is 1. The fraction of sp³-hybridized carbons (Fsp3) is 0.800. The zero-order valence-electron chi connectivity index (χ0n) is 4.51. The van der Waals surface area contributed by atoms with Crippen LogP contribution in [0, 0.1) is 0 Å². The lowest BCUT2D eigenvalue weighted by Gasteiger charge is -1.98. The van der Waals surface area contributed by atoms with Crippen molar-refractivity contribution in [2.24, 2.45) is 4.99 Å². The lowest BCUT2D eigenvalue weighted by molar-refractivity contribution is 0.326. The smallest absolute Gasteiger partial charge is 0.169 e. The van der Waals surface area contributed by atoms with Gasteiger partial charge >= 0.3 is 0 Å². The second kappa shape index (κ2) is 3.27. The molecule has 0 aromatic rings. The Hall–Kier alpha value is 0.200. The van der Waals surface area contributed by atoms with Crippen LogP contribution in [0.1, 0.15) is 6.42 Å². The van der Waals surface area contributed by atoms with E-state index in [0.29, 0.717) is 6.04 Å². The molecular formula is C5H8INO. The van der Waals surface area contributed by atoms with E-state index in [1.54, 1.807) is 6.40 Å². The van der Waals surface area contributed by atoms with Gasteiger partial charge in [0.05, 0.1) is 6.04 Å². The van der Waals surface area contributed by atoms with Crippen molar-refractivity contribution in [3.05, 3.63) is 0 Å². The maximum Gasteiger partial charge on any atom is 0.169 e. The zero-order valence-corrected chi connectivity index (χ0v) is 6.67. The molecule has 0 aromatic heterocycles. The molecule has 0 N–H and O–H groups in total. The predicted molar refractivity (Wildman–Crippen MR) is 41.7 cm³/mol. The maximum atomic E-state index is 4.91. The molecule has 1 unspecified atom stereocenters. The molecule has 1 atom stereocenters. The van der Waals surface area contributed by atoms with Crippen molar-refractivity contribution < 1.29 is 4.74 Å². The van der Waals surface area contributed by atoms with Gasteiger partial charge in [0.25, 0.3) is 0 Å². The molecule has 1 aliphatic heterocycles. The molecule has 46 valence electrons. The van der Waals surface area contributed by atoms with Gasteiger partial charge in [-0.2, -0.15) is 0 Å². The van der Waals surface area contributed by atoms with Crippen molar-refractivity contribution in [1.29, 1.82) is 0 Å². The second-order valence-electron chi connectivity index (χ2n) is 1.72. The number of hydrogen-bond acceptors (Lipinski definition) is 2. The molecule has 1 heterocycles. The van der Waals surface area contributed by atoms with Gasteiger partial charge in [-0.25, -0.2) is 0 Å². The van der Waals surface area contributed by atoms with E-state index in [9.17, 15) is 0 Å². The fourth-order valence-corrected chi connectivity index (χ4v) is 1.33. The van der Waals surface area contributed by atoms with Crippen LogP contribution in [0.2, 0.25) is 0 Å². The maximum absolute atomic E-state index is 4.91. The first kappa shape index (κ1) is 6.32. The number of alkyl halides is 1. The molecule has 8 heavy (non-hydrogen) atoms. The molecule has 0 aliphatic carbocycles. The Bertz CT molecular complexity index is 94.4. The summed E-state index contributed by atoms with van der Waals surface area (Å²) in [6, 6.07) is 0.451. The molecule has 0 saturated carbocycles. The lowest BCUT2D eigenvalue weighted by atomic mass is 10.3. The van der Waals surface area contributed by atoms with E-state index in [4.69, 9.17) is 4.74 Å². The van der Waals surface area contributed by atoms with E-state index in [1.165, 1.54) is 4.43 Å². The monoisotopic (exact) mass is 225 g/mol. The highest BCUT2D eigenvalue weighted by Crippen LogP contribution is 2.05. The zero-order chi connectivity index (χ0) is 5.82. The molecule has 2 nitrogen and oxygen atoms in total. The van der Waals surface area contributed by atoms with Crippen molar-refractivity contribution >= 4 is 29.0 Å². The van der Waals surface area contributed by atoms with Crippen molar-refractivity contribution in [2.45, 2.75) is 12.5 Å². The topological polar surface area (TPSA) is 21.6 Å². The summed E-state index contributed by atoms with van der Waals surface area (Å²) in [6.45, 7) is 0.795. The van der Waals surface area contributed by atoms with Crippen LogP contribution in [0.15, 0.2) is 4.99 Å². The molecule has 0 saturated heterocycles. The van der Waals surface area contributed by atoms with Crippen molar-refractivity contribution in [2.75, 3.05) is 11.0 Å². The van der Waals surface area contributed by atoms with Gasteiger partial charge in [-0.15, -0.1) is 0 Å². The van der Waals surface area contributed by atoms with E-state index in [-0.39, 0.29) is 0 Å². The Morgan fingerprint density at radius 2 is 2.75 bits per heavy atom. The lowest BCUT2D eigenvalue weighted by Crippen LogP contribution is -2.05. The summed E-state index contributed by atoms with van der Waals surface area (Å²) in [4.78, 5) is 4.07. The molecule has 1 rings (SSSR count). The average Bonchev–Trinajstić information content (AvgIpc) is 2.19. The minimum Gasteiger partial charge on any atom is -0.481 e. The number of ether oxygens (including phenoxy) is 1. The normalized spacial score (nSPS) is 25.9. The Morgan fingerprint density at radius 3 is 3.25 bits per heavy atom. The number of hydrogen-bond donors (Lipinski definition) is 0. The Labute approximate surface area is 62.5 Å². The number of aliphatic imine (C=N–C) groups is 1. The van der Waals surface area contributed by atoms with Gasteiger partial charge < -0.3 is 4.74 Å². The standard InChI is InChI=1S/C5H8INO/c6-2-1-5-3-8-4-7-5/h4-5H,1-3H2. The van der Waals surface area contributed by atoms with Gasteiger partial charge in [0.15, 0.2) is 6.40 Å². The first-order valence-corrected chi connectivity index (χ1v) is 4.15. The Balaban J connectivity index is 2.16. The largest absolute Gasteiger partial charge is 0.481 e. The van der Waals surface area contributed by atoms with Crippen LogP contribution >= 0.6 is 22.6 Å². The molecule has 0 aromatic carbocycles. The van der Waals surface area contributed by atoms with Gasteiger partial charge in [0.1, 0.15) is 6.61 Å². The first-order valence-electron chi connectivity index (χ1n) is 2.62. The third kappa shape index (κ3) is 1.61. The molecule has 3 heteroatoms. The SMILES string of the molecule is ICCC1COC=N1. The van der Waals surface area contributed by atoms with Crippen LogP contribution in [0.4, 0.5) is 0 Å². The van der Waals surface area contributed by atoms with Gasteiger partial charge in [-0.3, -0.25) is 4.99 Å². The van der Waals surface area contributed by atoms with E-state index in [1.807, 2.05) is 0 Å². The summed E-state index contributed by atoms with van der Waals surface area (Å²) in [5, 5.41) is 0. The molecule has 0 amide bonds. The van der Waals surface area contributed by atoms with E-state index >= 15 is 0 Å². The second-order valence-corrected chi connectivity index (χ2v) is 2.80. The Morgan fingerprint density at radius 1 is 1.88 bits per heavy atom. The highest BCUT2D eigenvalue weighted by atomic mass is 127. The van der Waals surface area contributed by atoms with Crippen LogP contribution in [0.25, 0.3) is 0 Å². The summed E-state index contributed by atoms with van der Waals surface area (Å²) >= 11 is 2.35. The van der Waals surface area contributed by atoms with Crippen LogP contribution in [-0.2, 0) is 4.74 Å². The first-order chi connectivity index (χ1) is 3.93. The molecule has 0 fully saturated rings. The quantitative estimate of drug-likeness (QED) is 0.511. The molecule has 0 bridgehead atoms. The summed E-state index contributed by atoms with van der Waals surface area (Å²) in [7, 11) is 0. The average molecular weight is 225 g/mol. The van der Waals surface area contributed by atoms with Gasteiger partial charge in [-0.1, -0.05) is 22.6 Å². The molecule has 0 spiro atoms. The van der Waals surface area contributed by atoms with E-state index in [0.717, 1.165) is 13.0 Å². The Kier molecular flexibility index (Phi) is 2.58. The highest BCUT2D eigenvalue weighted by molar-refractivity contribution is 14.1. The van der Waals surface area contributed by atoms with Crippen molar-refractivity contribution in [3.8, 4) is 0 Å². The van der Waals surface area contributed by atoms with Crippen molar-refractivity contribution in [3.63, 3.8) is 0 Å². The predicted octanol–water partition coefficient (Wildman–Crippen LogP) is 1.24. The molecule has 0 radical (unpaired) electrons. The summed E-state index contributed by atoms with van der Waals surface area (Å²) in [5.74, 6) is 0. The molecular weight excluding hydrogens is 217 g/mol. The summed E-state index contributed by atoms with van der Waals surface area (Å²) in [5.41, 5.74) is 0. The fourth-order valence-electron chi connectivity index (χ4n) is 0.610. The minimum atomic E-state index is 0.451. The van der Waals surface area contributed by atoms with Gasteiger partial charge in [-0.05, 0) is 6.42 Å². The van der Waals surface area contributed by atoms with Gasteiger partial charge in [0, 0.05) is 4.43 Å². The summed E-state index contributed by atoms with van der Waals surface area (Å²) < 4.78 is 6.08. The minimum absolute atomic E-state index is 0.451. The highest BCUT2D eigenvalue weighted by Gasteiger charge is 2.08. The number of rotatable bonds is 2. The number of halogens is 1. The van der Waals surface area contributed by atoms with Crippen LogP contribution in [0.5, 0.6) is 0 Å². The van der Waals surface area contributed by atoms with E-state index < -0.39 is 0 Å². The van der Waals surface area contributed by atoms with Crippen LogP contribution in [0.3, 0.4) is 0 Å². The van der Waals surface area contributed by atoms with Crippen LogP contribution in [-0.4, -0.2) is 23.5 Å². The van der Waals surface area contributed by atoms with E-state index in [2.05, 4.69) is 27.6 Å². The third-order valence-electron chi connectivity index (χ3n) is 1.08. The van der Waals surface area contributed by atoms with Crippen molar-refractivity contribution in [1.82, 2.24) is 0 Å².